The number of carbonyl (C=O) groups is 1. The lowest BCUT2D eigenvalue weighted by Gasteiger charge is -2.18. The molecule has 0 radical (unpaired) electrons. The van der Waals surface area contributed by atoms with Gasteiger partial charge in [0.05, 0.1) is 6.10 Å². The van der Waals surface area contributed by atoms with Gasteiger partial charge in [-0.05, 0) is 31.0 Å². The fourth-order valence-electron chi connectivity index (χ4n) is 2.33. The Morgan fingerprint density at radius 3 is 2.35 bits per heavy atom. The molecule has 0 saturated carbocycles. The molecular formula is C19H23NO2S. The summed E-state index contributed by atoms with van der Waals surface area (Å²) in [5.41, 5.74) is 0.883. The SMILES string of the molecule is CC(CC(O)c1ccccc1)NC(=O)CCSc1ccccc1. The first kappa shape index (κ1) is 17.6. The quantitative estimate of drug-likeness (QED) is 0.724. The minimum Gasteiger partial charge on any atom is -0.388 e. The van der Waals surface area contributed by atoms with Crippen LogP contribution in [-0.2, 0) is 4.79 Å². The van der Waals surface area contributed by atoms with E-state index in [1.54, 1.807) is 11.8 Å². The van der Waals surface area contributed by atoms with Gasteiger partial charge in [0.1, 0.15) is 0 Å². The molecule has 0 bridgehead atoms. The molecule has 0 fully saturated rings. The summed E-state index contributed by atoms with van der Waals surface area (Å²) in [5.74, 6) is 0.783. The molecule has 2 aromatic rings. The number of aliphatic hydroxyl groups excluding tert-OH is 1. The number of amides is 1. The van der Waals surface area contributed by atoms with Crippen LogP contribution in [0, 0.1) is 0 Å². The Bertz CT molecular complexity index is 589. The lowest BCUT2D eigenvalue weighted by Crippen LogP contribution is -2.33. The molecule has 0 aromatic heterocycles. The molecular weight excluding hydrogens is 306 g/mol. The van der Waals surface area contributed by atoms with Gasteiger partial charge in [0, 0.05) is 23.1 Å². The summed E-state index contributed by atoms with van der Waals surface area (Å²) < 4.78 is 0. The second kappa shape index (κ2) is 9.38. The Balaban J connectivity index is 1.68. The molecule has 2 atom stereocenters. The molecule has 2 rings (SSSR count). The number of rotatable bonds is 8. The third-order valence-electron chi connectivity index (χ3n) is 3.51. The molecule has 0 saturated heterocycles. The largest absolute Gasteiger partial charge is 0.388 e. The first-order valence-electron chi connectivity index (χ1n) is 7.85. The summed E-state index contributed by atoms with van der Waals surface area (Å²) in [6.07, 6.45) is 0.442. The maximum Gasteiger partial charge on any atom is 0.221 e. The van der Waals surface area contributed by atoms with Crippen LogP contribution < -0.4 is 5.32 Å². The van der Waals surface area contributed by atoms with Gasteiger partial charge in [-0.1, -0.05) is 48.5 Å². The van der Waals surface area contributed by atoms with E-state index in [1.807, 2.05) is 67.6 Å². The monoisotopic (exact) mass is 329 g/mol. The Morgan fingerprint density at radius 1 is 1.09 bits per heavy atom. The molecule has 2 unspecified atom stereocenters. The van der Waals surface area contributed by atoms with Crippen molar-refractivity contribution in [3.8, 4) is 0 Å². The standard InChI is InChI=1S/C19H23NO2S/c1-15(14-18(21)16-8-4-2-5-9-16)20-19(22)12-13-23-17-10-6-3-7-11-17/h2-11,15,18,21H,12-14H2,1H3,(H,20,22). The smallest absolute Gasteiger partial charge is 0.221 e. The average Bonchev–Trinajstić information content (AvgIpc) is 2.56. The van der Waals surface area contributed by atoms with Crippen molar-refractivity contribution in [2.24, 2.45) is 0 Å². The highest BCUT2D eigenvalue weighted by Crippen LogP contribution is 2.19. The number of hydrogen-bond donors (Lipinski definition) is 2. The van der Waals surface area contributed by atoms with Crippen LogP contribution in [0.4, 0.5) is 0 Å². The lowest BCUT2D eigenvalue weighted by atomic mass is 10.0. The van der Waals surface area contributed by atoms with E-state index >= 15 is 0 Å². The molecule has 2 N–H and O–H groups in total. The highest BCUT2D eigenvalue weighted by molar-refractivity contribution is 7.99. The van der Waals surface area contributed by atoms with Crippen molar-refractivity contribution in [3.05, 3.63) is 66.2 Å². The Kier molecular flexibility index (Phi) is 7.17. The molecule has 2 aromatic carbocycles. The van der Waals surface area contributed by atoms with Gasteiger partial charge in [0.25, 0.3) is 0 Å². The second-order valence-electron chi connectivity index (χ2n) is 5.54. The highest BCUT2D eigenvalue weighted by Gasteiger charge is 2.14. The van der Waals surface area contributed by atoms with E-state index in [0.717, 1.165) is 11.3 Å². The third-order valence-corrected chi connectivity index (χ3v) is 4.52. The minimum absolute atomic E-state index is 0.0289. The Hall–Kier alpha value is -1.78. The fourth-order valence-corrected chi connectivity index (χ4v) is 3.20. The van der Waals surface area contributed by atoms with Gasteiger partial charge in [-0.25, -0.2) is 0 Å². The van der Waals surface area contributed by atoms with Crippen molar-refractivity contribution in [3.63, 3.8) is 0 Å². The van der Waals surface area contributed by atoms with Crippen molar-refractivity contribution >= 4 is 17.7 Å². The van der Waals surface area contributed by atoms with Crippen molar-refractivity contribution < 1.29 is 9.90 Å². The number of hydrogen-bond acceptors (Lipinski definition) is 3. The number of nitrogens with one attached hydrogen (secondary N) is 1. The van der Waals surface area contributed by atoms with Gasteiger partial charge >= 0.3 is 0 Å². The first-order chi connectivity index (χ1) is 11.1. The van der Waals surface area contributed by atoms with E-state index in [1.165, 1.54) is 4.90 Å². The number of benzene rings is 2. The molecule has 0 spiro atoms. The first-order valence-corrected chi connectivity index (χ1v) is 8.84. The zero-order valence-electron chi connectivity index (χ0n) is 13.3. The molecule has 0 aliphatic heterocycles. The van der Waals surface area contributed by atoms with Crippen molar-refractivity contribution in [1.29, 1.82) is 0 Å². The summed E-state index contributed by atoms with van der Waals surface area (Å²) in [5, 5.41) is 13.1. The van der Waals surface area contributed by atoms with Crippen LogP contribution in [0.1, 0.15) is 31.4 Å². The molecule has 4 heteroatoms. The molecule has 1 amide bonds. The van der Waals surface area contributed by atoms with Crippen molar-refractivity contribution in [2.75, 3.05) is 5.75 Å². The van der Waals surface area contributed by atoms with E-state index in [0.29, 0.717) is 12.8 Å². The van der Waals surface area contributed by atoms with Crippen LogP contribution in [0.15, 0.2) is 65.6 Å². The topological polar surface area (TPSA) is 49.3 Å². The molecule has 23 heavy (non-hydrogen) atoms. The molecule has 122 valence electrons. The average molecular weight is 329 g/mol. The molecule has 3 nitrogen and oxygen atoms in total. The van der Waals surface area contributed by atoms with Crippen molar-refractivity contribution in [2.45, 2.75) is 36.8 Å². The third kappa shape index (κ3) is 6.47. The molecule has 0 heterocycles. The lowest BCUT2D eigenvalue weighted by molar-refractivity contribution is -0.121. The molecule has 0 aliphatic carbocycles. The summed E-state index contributed by atoms with van der Waals surface area (Å²) in [7, 11) is 0. The minimum atomic E-state index is -0.551. The van der Waals surface area contributed by atoms with E-state index in [2.05, 4.69) is 5.32 Å². The fraction of sp³-hybridized carbons (Fsp3) is 0.316. The summed E-state index contributed by atoms with van der Waals surface area (Å²) >= 11 is 1.68. The summed E-state index contributed by atoms with van der Waals surface area (Å²) in [4.78, 5) is 13.1. The predicted octanol–water partition coefficient (Wildman–Crippen LogP) is 3.80. The van der Waals surface area contributed by atoms with Gasteiger partial charge in [0.2, 0.25) is 5.91 Å². The maximum atomic E-state index is 12.0. The summed E-state index contributed by atoms with van der Waals surface area (Å²) in [6, 6.07) is 19.5. The van der Waals surface area contributed by atoms with E-state index < -0.39 is 6.10 Å². The van der Waals surface area contributed by atoms with Gasteiger partial charge in [-0.3, -0.25) is 4.79 Å². The maximum absolute atomic E-state index is 12.0. The zero-order chi connectivity index (χ0) is 16.5. The van der Waals surface area contributed by atoms with E-state index in [4.69, 9.17) is 0 Å². The van der Waals surface area contributed by atoms with Crippen molar-refractivity contribution in [1.82, 2.24) is 5.32 Å². The normalized spacial score (nSPS) is 13.3. The number of thioether (sulfide) groups is 1. The van der Waals surface area contributed by atoms with Crippen LogP contribution in [-0.4, -0.2) is 22.8 Å². The van der Waals surface area contributed by atoms with Crippen LogP contribution in [0.2, 0.25) is 0 Å². The van der Waals surface area contributed by atoms with Gasteiger partial charge in [0.15, 0.2) is 0 Å². The van der Waals surface area contributed by atoms with Crippen LogP contribution in [0.5, 0.6) is 0 Å². The zero-order valence-corrected chi connectivity index (χ0v) is 14.1. The van der Waals surface area contributed by atoms with Gasteiger partial charge in [-0.15, -0.1) is 11.8 Å². The highest BCUT2D eigenvalue weighted by atomic mass is 32.2. The van der Waals surface area contributed by atoms with Crippen LogP contribution in [0.3, 0.4) is 0 Å². The number of aliphatic hydroxyl groups is 1. The van der Waals surface area contributed by atoms with Crippen LogP contribution in [0.25, 0.3) is 0 Å². The van der Waals surface area contributed by atoms with Gasteiger partial charge in [-0.2, -0.15) is 0 Å². The summed E-state index contributed by atoms with van der Waals surface area (Å²) in [6.45, 7) is 1.92. The second-order valence-corrected chi connectivity index (χ2v) is 6.71. The molecule has 0 aliphatic rings. The van der Waals surface area contributed by atoms with E-state index in [9.17, 15) is 9.90 Å². The Labute approximate surface area is 142 Å². The van der Waals surface area contributed by atoms with Gasteiger partial charge < -0.3 is 10.4 Å². The van der Waals surface area contributed by atoms with Crippen LogP contribution >= 0.6 is 11.8 Å². The number of carbonyl (C=O) groups excluding carboxylic acids is 1. The predicted molar refractivity (Wildman–Crippen MR) is 95.4 cm³/mol. The Morgan fingerprint density at radius 2 is 1.70 bits per heavy atom. The van der Waals surface area contributed by atoms with E-state index in [-0.39, 0.29) is 11.9 Å².